The summed E-state index contributed by atoms with van der Waals surface area (Å²) in [6, 6.07) is 7.98. The van der Waals surface area contributed by atoms with E-state index in [9.17, 15) is 0 Å². The molecule has 2 aromatic rings. The molecular formula is C12H9BrClN. The van der Waals surface area contributed by atoms with Crippen molar-refractivity contribution in [3.8, 4) is 0 Å². The molecule has 1 aromatic heterocycles. The largest absolute Gasteiger partial charge is 0.229 e. The van der Waals surface area contributed by atoms with Gasteiger partial charge in [-0.3, -0.25) is 0 Å². The molecule has 1 aromatic carbocycles. The molecule has 0 saturated heterocycles. The van der Waals surface area contributed by atoms with Crippen molar-refractivity contribution in [2.24, 2.45) is 0 Å². The van der Waals surface area contributed by atoms with Gasteiger partial charge in [0.2, 0.25) is 0 Å². The van der Waals surface area contributed by atoms with Crippen LogP contribution in [-0.2, 0) is 0 Å². The zero-order valence-electron chi connectivity index (χ0n) is 8.17. The van der Waals surface area contributed by atoms with Gasteiger partial charge in [-0.25, -0.2) is 4.98 Å². The van der Waals surface area contributed by atoms with Crippen molar-refractivity contribution in [1.29, 1.82) is 0 Å². The molecular weight excluding hydrogens is 273 g/mol. The fourth-order valence-corrected chi connectivity index (χ4v) is 2.39. The molecule has 0 spiro atoms. The standard InChI is InChI=1S/C12H9BrClN/c1-2-4-8-5-3-6-9-10(8)7-11(14)15-12(9)13/h2-7H,1H3. The molecule has 0 aliphatic rings. The third-order valence-electron chi connectivity index (χ3n) is 2.18. The summed E-state index contributed by atoms with van der Waals surface area (Å²) in [4.78, 5) is 4.16. The molecule has 0 fully saturated rings. The van der Waals surface area contributed by atoms with Crippen LogP contribution in [0.3, 0.4) is 0 Å². The van der Waals surface area contributed by atoms with Crippen LogP contribution in [0.5, 0.6) is 0 Å². The monoisotopic (exact) mass is 281 g/mol. The number of benzene rings is 1. The first-order chi connectivity index (χ1) is 7.22. The van der Waals surface area contributed by atoms with Crippen LogP contribution in [0.2, 0.25) is 5.15 Å². The highest BCUT2D eigenvalue weighted by Gasteiger charge is 2.04. The Kier molecular flexibility index (Phi) is 3.08. The quantitative estimate of drug-likeness (QED) is 0.692. The molecule has 0 unspecified atom stereocenters. The van der Waals surface area contributed by atoms with Crippen LogP contribution in [0.4, 0.5) is 0 Å². The van der Waals surface area contributed by atoms with Crippen molar-refractivity contribution in [3.63, 3.8) is 0 Å². The number of rotatable bonds is 1. The summed E-state index contributed by atoms with van der Waals surface area (Å²) < 4.78 is 0.788. The molecule has 15 heavy (non-hydrogen) atoms. The number of allylic oxidation sites excluding steroid dienone is 1. The molecule has 0 aliphatic carbocycles. The van der Waals surface area contributed by atoms with Crippen molar-refractivity contribution >= 4 is 44.4 Å². The van der Waals surface area contributed by atoms with Crippen molar-refractivity contribution in [1.82, 2.24) is 4.98 Å². The van der Waals surface area contributed by atoms with Gasteiger partial charge in [0.15, 0.2) is 0 Å². The van der Waals surface area contributed by atoms with Crippen LogP contribution < -0.4 is 0 Å². The van der Waals surface area contributed by atoms with E-state index in [1.807, 2.05) is 31.2 Å². The predicted octanol–water partition coefficient (Wildman–Crippen LogP) is 4.68. The van der Waals surface area contributed by atoms with Crippen LogP contribution in [0.25, 0.3) is 16.8 Å². The van der Waals surface area contributed by atoms with Crippen molar-refractivity contribution in [3.05, 3.63) is 45.7 Å². The SMILES string of the molecule is CC=Cc1cccc2c(Br)nc(Cl)cc12. The maximum Gasteiger partial charge on any atom is 0.131 e. The third kappa shape index (κ3) is 2.06. The Morgan fingerprint density at radius 1 is 1.33 bits per heavy atom. The summed E-state index contributed by atoms with van der Waals surface area (Å²) in [5.74, 6) is 0. The Morgan fingerprint density at radius 2 is 2.13 bits per heavy atom. The van der Waals surface area contributed by atoms with Gasteiger partial charge in [0.25, 0.3) is 0 Å². The molecule has 0 atom stereocenters. The summed E-state index contributed by atoms with van der Waals surface area (Å²) in [6.07, 6.45) is 4.07. The summed E-state index contributed by atoms with van der Waals surface area (Å²) in [7, 11) is 0. The van der Waals surface area contributed by atoms with E-state index in [0.717, 1.165) is 20.9 Å². The van der Waals surface area contributed by atoms with Crippen molar-refractivity contribution in [2.45, 2.75) is 6.92 Å². The normalized spacial score (nSPS) is 11.4. The summed E-state index contributed by atoms with van der Waals surface area (Å²) in [5, 5.41) is 2.70. The Morgan fingerprint density at radius 3 is 2.87 bits per heavy atom. The van der Waals surface area contributed by atoms with Gasteiger partial charge >= 0.3 is 0 Å². The number of fused-ring (bicyclic) bond motifs is 1. The van der Waals surface area contributed by atoms with Gasteiger partial charge in [0, 0.05) is 5.39 Å². The molecule has 1 heterocycles. The van der Waals surface area contributed by atoms with Gasteiger partial charge in [-0.1, -0.05) is 42.0 Å². The second kappa shape index (κ2) is 4.33. The van der Waals surface area contributed by atoms with Crippen LogP contribution >= 0.6 is 27.5 Å². The van der Waals surface area contributed by atoms with E-state index in [2.05, 4.69) is 33.1 Å². The van der Waals surface area contributed by atoms with E-state index < -0.39 is 0 Å². The topological polar surface area (TPSA) is 12.9 Å². The number of aromatic nitrogens is 1. The lowest BCUT2D eigenvalue weighted by Crippen LogP contribution is -1.84. The second-order valence-electron chi connectivity index (χ2n) is 3.18. The van der Waals surface area contributed by atoms with E-state index in [0.29, 0.717) is 5.15 Å². The fraction of sp³-hybridized carbons (Fsp3) is 0.0833. The summed E-state index contributed by atoms with van der Waals surface area (Å²) in [6.45, 7) is 2.00. The minimum atomic E-state index is 0.506. The van der Waals surface area contributed by atoms with Crippen LogP contribution in [0, 0.1) is 0 Å². The predicted molar refractivity (Wildman–Crippen MR) is 69.2 cm³/mol. The molecule has 0 amide bonds. The average Bonchev–Trinajstić information content (AvgIpc) is 2.19. The summed E-state index contributed by atoms with van der Waals surface area (Å²) >= 11 is 9.34. The Hall–Kier alpha value is -0.860. The Labute approximate surface area is 102 Å². The lowest BCUT2D eigenvalue weighted by Gasteiger charge is -2.04. The molecule has 0 radical (unpaired) electrons. The lowest BCUT2D eigenvalue weighted by atomic mass is 10.1. The number of pyridine rings is 1. The van der Waals surface area contributed by atoms with E-state index in [4.69, 9.17) is 11.6 Å². The minimum absolute atomic E-state index is 0.506. The second-order valence-corrected chi connectivity index (χ2v) is 4.32. The van der Waals surface area contributed by atoms with Crippen molar-refractivity contribution < 1.29 is 0 Å². The number of nitrogens with zero attached hydrogens (tertiary/aromatic N) is 1. The number of hydrogen-bond donors (Lipinski definition) is 0. The highest BCUT2D eigenvalue weighted by molar-refractivity contribution is 9.10. The zero-order chi connectivity index (χ0) is 10.8. The van der Waals surface area contributed by atoms with E-state index in [-0.39, 0.29) is 0 Å². The minimum Gasteiger partial charge on any atom is -0.229 e. The Bertz CT molecular complexity index is 534. The van der Waals surface area contributed by atoms with Crippen molar-refractivity contribution in [2.75, 3.05) is 0 Å². The van der Waals surface area contributed by atoms with Gasteiger partial charge in [-0.2, -0.15) is 0 Å². The molecule has 0 aliphatic heterocycles. The highest BCUT2D eigenvalue weighted by Crippen LogP contribution is 2.28. The van der Waals surface area contributed by atoms with Crippen LogP contribution in [0.15, 0.2) is 34.9 Å². The molecule has 1 nitrogen and oxygen atoms in total. The van der Waals surface area contributed by atoms with Gasteiger partial charge in [0.05, 0.1) is 0 Å². The maximum absolute atomic E-state index is 5.93. The molecule has 0 bridgehead atoms. The van der Waals surface area contributed by atoms with E-state index >= 15 is 0 Å². The zero-order valence-corrected chi connectivity index (χ0v) is 10.5. The fourth-order valence-electron chi connectivity index (χ4n) is 1.55. The number of halogens is 2. The first-order valence-corrected chi connectivity index (χ1v) is 5.77. The first-order valence-electron chi connectivity index (χ1n) is 4.60. The molecule has 0 N–H and O–H groups in total. The number of hydrogen-bond acceptors (Lipinski definition) is 1. The van der Waals surface area contributed by atoms with E-state index in [1.165, 1.54) is 0 Å². The third-order valence-corrected chi connectivity index (χ3v) is 2.97. The van der Waals surface area contributed by atoms with Gasteiger partial charge in [0.1, 0.15) is 9.76 Å². The maximum atomic E-state index is 5.93. The van der Waals surface area contributed by atoms with E-state index in [1.54, 1.807) is 0 Å². The highest BCUT2D eigenvalue weighted by atomic mass is 79.9. The Balaban J connectivity index is 2.84. The van der Waals surface area contributed by atoms with Crippen LogP contribution in [-0.4, -0.2) is 4.98 Å². The van der Waals surface area contributed by atoms with Gasteiger partial charge < -0.3 is 0 Å². The van der Waals surface area contributed by atoms with Gasteiger partial charge in [-0.15, -0.1) is 0 Å². The first kappa shape index (κ1) is 10.7. The molecule has 3 heteroatoms. The molecule has 0 saturated carbocycles. The molecule has 2 rings (SSSR count). The molecule has 76 valence electrons. The van der Waals surface area contributed by atoms with Crippen LogP contribution in [0.1, 0.15) is 12.5 Å². The summed E-state index contributed by atoms with van der Waals surface area (Å²) in [5.41, 5.74) is 1.15. The smallest absolute Gasteiger partial charge is 0.131 e. The average molecular weight is 283 g/mol. The lowest BCUT2D eigenvalue weighted by molar-refractivity contribution is 1.31. The van der Waals surface area contributed by atoms with Gasteiger partial charge in [-0.05, 0) is 39.9 Å².